The van der Waals surface area contributed by atoms with Crippen LogP contribution in [-0.2, 0) is 4.79 Å². The maximum Gasteiger partial charge on any atom is 0.331 e. The number of nitrogens with two attached hydrogens (primary N) is 1. The number of carbonyl (C=O) groups is 1. The fourth-order valence-corrected chi connectivity index (χ4v) is 3.58. The van der Waals surface area contributed by atoms with E-state index in [1.165, 1.54) is 5.56 Å². The number of aliphatic carboxylic acids is 1. The summed E-state index contributed by atoms with van der Waals surface area (Å²) in [5.41, 5.74) is 7.40. The first-order valence-electron chi connectivity index (χ1n) is 7.70. The van der Waals surface area contributed by atoms with Gasteiger partial charge in [0.2, 0.25) is 0 Å². The third-order valence-corrected chi connectivity index (χ3v) is 4.70. The number of rotatable bonds is 2. The Bertz CT molecular complexity index is 643. The van der Waals surface area contributed by atoms with Crippen molar-refractivity contribution in [1.82, 2.24) is 0 Å². The first-order valence-corrected chi connectivity index (χ1v) is 7.70. The van der Waals surface area contributed by atoms with Crippen LogP contribution in [0.5, 0.6) is 0 Å². The highest BCUT2D eigenvalue weighted by atomic mass is 16.4. The van der Waals surface area contributed by atoms with Gasteiger partial charge < -0.3 is 10.8 Å². The molecule has 114 valence electrons. The first kappa shape index (κ1) is 14.8. The molecule has 0 saturated carbocycles. The minimum absolute atomic E-state index is 0.159. The average Bonchev–Trinajstić information content (AvgIpc) is 3.18. The highest BCUT2D eigenvalue weighted by Gasteiger charge is 2.45. The summed E-state index contributed by atoms with van der Waals surface area (Å²) in [5.74, 6) is 0.769. The molecule has 5 atom stereocenters. The molecule has 0 amide bonds. The van der Waals surface area contributed by atoms with Crippen LogP contribution in [0.2, 0.25) is 0 Å². The molecule has 4 unspecified atom stereocenters. The largest absolute Gasteiger partial charge is 0.478 e. The van der Waals surface area contributed by atoms with Gasteiger partial charge in [-0.3, -0.25) is 0 Å². The standard InChI is InChI=1S/C11H10O2.C8H11N/c12-11(13)9-5-7-2-1-6-3-4-8(9)10(6)7;1-7(9)8-5-3-2-4-6-8/h1-8,10H,(H,12,13);2-7H,9H2,1H3/t6?,7?,8?,10-;/m0./s1. The van der Waals surface area contributed by atoms with Gasteiger partial charge in [0.15, 0.2) is 0 Å². The lowest BCUT2D eigenvalue weighted by Crippen LogP contribution is -2.15. The third-order valence-electron chi connectivity index (χ3n) is 4.70. The number of benzene rings is 1. The zero-order valence-electron chi connectivity index (χ0n) is 12.6. The molecule has 0 fully saturated rings. The Morgan fingerprint density at radius 2 is 1.73 bits per heavy atom. The van der Waals surface area contributed by atoms with E-state index in [0.717, 1.165) is 0 Å². The summed E-state index contributed by atoms with van der Waals surface area (Å²) in [5, 5.41) is 8.96. The van der Waals surface area contributed by atoms with Gasteiger partial charge in [-0.05, 0) is 24.3 Å². The van der Waals surface area contributed by atoms with Gasteiger partial charge in [0.1, 0.15) is 0 Å². The van der Waals surface area contributed by atoms with Crippen LogP contribution in [0, 0.1) is 23.7 Å². The third kappa shape index (κ3) is 2.64. The van der Waals surface area contributed by atoms with Crippen molar-refractivity contribution in [3.8, 4) is 0 Å². The Hall–Kier alpha value is -2.13. The van der Waals surface area contributed by atoms with Crippen LogP contribution in [0.4, 0.5) is 0 Å². The molecule has 3 aliphatic rings. The van der Waals surface area contributed by atoms with E-state index in [1.54, 1.807) is 0 Å². The predicted molar refractivity (Wildman–Crippen MR) is 87.0 cm³/mol. The maximum absolute atomic E-state index is 10.9. The molecule has 3 nitrogen and oxygen atoms in total. The minimum atomic E-state index is -0.752. The van der Waals surface area contributed by atoms with Gasteiger partial charge >= 0.3 is 5.97 Å². The van der Waals surface area contributed by atoms with Gasteiger partial charge in [-0.25, -0.2) is 4.79 Å². The summed E-state index contributed by atoms with van der Waals surface area (Å²) in [6.07, 6.45) is 10.4. The van der Waals surface area contributed by atoms with E-state index in [-0.39, 0.29) is 12.0 Å². The van der Waals surface area contributed by atoms with Crippen molar-refractivity contribution < 1.29 is 9.90 Å². The van der Waals surface area contributed by atoms with Crippen LogP contribution in [0.25, 0.3) is 0 Å². The van der Waals surface area contributed by atoms with Gasteiger partial charge in [-0.1, -0.05) is 60.7 Å². The van der Waals surface area contributed by atoms with E-state index in [2.05, 4.69) is 24.3 Å². The second kappa shape index (κ2) is 5.93. The average molecular weight is 295 g/mol. The monoisotopic (exact) mass is 295 g/mol. The number of carboxylic acids is 1. The van der Waals surface area contributed by atoms with Crippen LogP contribution in [0.15, 0.2) is 66.3 Å². The van der Waals surface area contributed by atoms with Crippen molar-refractivity contribution in [2.24, 2.45) is 29.4 Å². The van der Waals surface area contributed by atoms with Crippen LogP contribution in [0.3, 0.4) is 0 Å². The summed E-state index contributed by atoms with van der Waals surface area (Å²) in [6.45, 7) is 1.98. The Kier molecular flexibility index (Phi) is 3.99. The summed E-state index contributed by atoms with van der Waals surface area (Å²) >= 11 is 0. The normalized spacial score (nSPS) is 31.3. The molecule has 0 spiro atoms. The van der Waals surface area contributed by atoms with Crippen molar-refractivity contribution in [2.75, 3.05) is 0 Å². The van der Waals surface area contributed by atoms with Gasteiger partial charge in [0.05, 0.1) is 0 Å². The highest BCUT2D eigenvalue weighted by Crippen LogP contribution is 2.50. The van der Waals surface area contributed by atoms with E-state index < -0.39 is 5.97 Å². The molecule has 0 aliphatic heterocycles. The van der Waals surface area contributed by atoms with Crippen molar-refractivity contribution in [1.29, 1.82) is 0 Å². The summed E-state index contributed by atoms with van der Waals surface area (Å²) < 4.78 is 0. The molecule has 0 bridgehead atoms. The molecular weight excluding hydrogens is 274 g/mol. The van der Waals surface area contributed by atoms with Crippen molar-refractivity contribution in [3.63, 3.8) is 0 Å². The molecule has 0 heterocycles. The maximum atomic E-state index is 10.9. The molecular formula is C19H21NO2. The number of carboxylic acid groups (broad SMARTS) is 1. The SMILES string of the molecule is CC(N)c1ccccc1.O=C(O)C1=CC2C=CC3C=CC1[C@@H]32. The zero-order valence-corrected chi connectivity index (χ0v) is 12.6. The number of hydrogen-bond donors (Lipinski definition) is 2. The Balaban J connectivity index is 0.000000142. The summed E-state index contributed by atoms with van der Waals surface area (Å²) in [7, 11) is 0. The number of allylic oxidation sites excluding steroid dienone is 5. The quantitative estimate of drug-likeness (QED) is 0.823. The van der Waals surface area contributed by atoms with Gasteiger partial charge in [0, 0.05) is 23.5 Å². The van der Waals surface area contributed by atoms with E-state index >= 15 is 0 Å². The Morgan fingerprint density at radius 1 is 1.09 bits per heavy atom. The summed E-state index contributed by atoms with van der Waals surface area (Å²) in [4.78, 5) is 10.9. The van der Waals surface area contributed by atoms with E-state index in [1.807, 2.05) is 43.3 Å². The molecule has 4 rings (SSSR count). The molecule has 22 heavy (non-hydrogen) atoms. The second-order valence-corrected chi connectivity index (χ2v) is 6.15. The van der Waals surface area contributed by atoms with Crippen molar-refractivity contribution in [3.05, 3.63) is 71.8 Å². The molecule has 1 aromatic rings. The molecule has 0 saturated heterocycles. The van der Waals surface area contributed by atoms with Gasteiger partial charge in [-0.2, -0.15) is 0 Å². The number of hydrogen-bond acceptors (Lipinski definition) is 2. The topological polar surface area (TPSA) is 63.3 Å². The Morgan fingerprint density at radius 3 is 2.32 bits per heavy atom. The Labute approximate surface area is 130 Å². The van der Waals surface area contributed by atoms with Gasteiger partial charge in [-0.15, -0.1) is 0 Å². The fourth-order valence-electron chi connectivity index (χ4n) is 3.58. The molecule has 3 N–H and O–H groups in total. The van der Waals surface area contributed by atoms with Crippen LogP contribution in [0.1, 0.15) is 18.5 Å². The lowest BCUT2D eigenvalue weighted by atomic mass is 9.87. The fraction of sp³-hybridized carbons (Fsp3) is 0.316. The molecule has 3 heteroatoms. The van der Waals surface area contributed by atoms with E-state index in [0.29, 0.717) is 23.3 Å². The van der Waals surface area contributed by atoms with Crippen LogP contribution in [-0.4, -0.2) is 11.1 Å². The van der Waals surface area contributed by atoms with Crippen molar-refractivity contribution >= 4 is 5.97 Å². The lowest BCUT2D eigenvalue weighted by molar-refractivity contribution is -0.133. The van der Waals surface area contributed by atoms with Crippen molar-refractivity contribution in [2.45, 2.75) is 13.0 Å². The van der Waals surface area contributed by atoms with E-state index in [4.69, 9.17) is 10.8 Å². The van der Waals surface area contributed by atoms with E-state index in [9.17, 15) is 4.79 Å². The lowest BCUT2D eigenvalue weighted by Gasteiger charge is -2.15. The summed E-state index contributed by atoms with van der Waals surface area (Å²) in [6, 6.07) is 10.2. The molecule has 0 radical (unpaired) electrons. The van der Waals surface area contributed by atoms with Gasteiger partial charge in [0.25, 0.3) is 0 Å². The smallest absolute Gasteiger partial charge is 0.331 e. The highest BCUT2D eigenvalue weighted by molar-refractivity contribution is 5.89. The first-order chi connectivity index (χ1) is 10.6. The van der Waals surface area contributed by atoms with Crippen LogP contribution >= 0.6 is 0 Å². The zero-order chi connectivity index (χ0) is 15.7. The second-order valence-electron chi connectivity index (χ2n) is 6.15. The molecule has 1 aromatic carbocycles. The predicted octanol–water partition coefficient (Wildman–Crippen LogP) is 3.32. The minimum Gasteiger partial charge on any atom is -0.478 e. The molecule has 0 aromatic heterocycles. The van der Waals surface area contributed by atoms with Crippen LogP contribution < -0.4 is 5.73 Å². The molecule has 3 aliphatic carbocycles.